The molecule has 6 heteroatoms. The smallest absolute Gasteiger partial charge is 0.303 e. The van der Waals surface area contributed by atoms with Gasteiger partial charge in [-0.1, -0.05) is 30.3 Å². The third-order valence-electron chi connectivity index (χ3n) is 1.97. The van der Waals surface area contributed by atoms with Crippen LogP contribution in [0.4, 0.5) is 0 Å². The number of hydrogen-bond donors (Lipinski definition) is 2. The van der Waals surface area contributed by atoms with Gasteiger partial charge in [-0.3, -0.25) is 15.4 Å². The lowest BCUT2D eigenvalue weighted by Crippen LogP contribution is -2.44. The van der Waals surface area contributed by atoms with E-state index >= 15 is 0 Å². The van der Waals surface area contributed by atoms with Gasteiger partial charge in [0.25, 0.3) is 0 Å². The van der Waals surface area contributed by atoms with Gasteiger partial charge in [0.1, 0.15) is 0 Å². The zero-order valence-corrected chi connectivity index (χ0v) is 8.40. The molecule has 78 valence electrons. The Balaban J connectivity index is 2.21. The van der Waals surface area contributed by atoms with Crippen LogP contribution < -0.4 is 5.32 Å². The fraction of sp³-hybridized carbons (Fsp3) is 0.111. The Hall–Kier alpha value is -1.53. The fourth-order valence-corrected chi connectivity index (χ4v) is 1.95. The van der Waals surface area contributed by atoms with Crippen molar-refractivity contribution in [1.29, 1.82) is 0 Å². The molecule has 5 nitrogen and oxygen atoms in total. The lowest BCUT2D eigenvalue weighted by Gasteiger charge is -2.13. The molecule has 1 aliphatic heterocycles. The summed E-state index contributed by atoms with van der Waals surface area (Å²) in [6.07, 6.45) is 0. The lowest BCUT2D eigenvalue weighted by atomic mass is 10.2. The van der Waals surface area contributed by atoms with Crippen LogP contribution in [-0.2, 0) is 0 Å². The summed E-state index contributed by atoms with van der Waals surface area (Å²) in [5, 5.41) is 21.9. The third-order valence-corrected chi connectivity index (χ3v) is 2.90. The van der Waals surface area contributed by atoms with E-state index in [-0.39, 0.29) is 0 Å². The fourth-order valence-electron chi connectivity index (χ4n) is 1.22. The van der Waals surface area contributed by atoms with E-state index in [1.54, 1.807) is 0 Å². The van der Waals surface area contributed by atoms with Crippen molar-refractivity contribution in [2.45, 2.75) is 5.18 Å². The summed E-state index contributed by atoms with van der Waals surface area (Å²) in [6, 6.07) is 9.13. The van der Waals surface area contributed by atoms with Crippen LogP contribution in [0.25, 0.3) is 5.70 Å². The highest BCUT2D eigenvalue weighted by atomic mass is 32.2. The minimum Gasteiger partial charge on any atom is -0.303 e. The number of thioether (sulfide) groups is 1. The summed E-state index contributed by atoms with van der Waals surface area (Å²) >= 11 is 0.739. The minimum atomic E-state index is -2.13. The van der Waals surface area contributed by atoms with Crippen LogP contribution >= 0.6 is 11.8 Å². The molecule has 2 rings (SSSR count). The quantitative estimate of drug-likeness (QED) is 0.448. The van der Waals surface area contributed by atoms with Gasteiger partial charge in [0, 0.05) is 17.2 Å². The Bertz CT molecular complexity index is 421. The first-order valence-electron chi connectivity index (χ1n) is 4.20. The molecule has 0 amide bonds. The molecule has 15 heavy (non-hydrogen) atoms. The summed E-state index contributed by atoms with van der Waals surface area (Å²) in [4.78, 5) is 9.78. The highest BCUT2D eigenvalue weighted by Crippen LogP contribution is 2.33. The van der Waals surface area contributed by atoms with Gasteiger partial charge in [0.2, 0.25) is 0 Å². The molecule has 0 radical (unpaired) electrons. The van der Waals surface area contributed by atoms with Gasteiger partial charge in [-0.15, -0.1) is 0 Å². The number of nitrogens with one attached hydrogen (secondary N) is 1. The number of benzene rings is 1. The molecule has 1 aromatic carbocycles. The Morgan fingerprint density at radius 2 is 2.07 bits per heavy atom. The Morgan fingerprint density at radius 1 is 1.40 bits per heavy atom. The topological polar surface area (TPSA) is 75.4 Å². The van der Waals surface area contributed by atoms with Crippen LogP contribution in [0, 0.1) is 10.1 Å². The second kappa shape index (κ2) is 3.56. The molecule has 1 unspecified atom stereocenters. The predicted octanol–water partition coefficient (Wildman–Crippen LogP) is 1.20. The maximum absolute atomic E-state index is 10.5. The predicted molar refractivity (Wildman–Crippen MR) is 57.1 cm³/mol. The Kier molecular flexibility index (Phi) is 2.37. The van der Waals surface area contributed by atoms with E-state index in [9.17, 15) is 15.2 Å². The zero-order chi connectivity index (χ0) is 10.9. The van der Waals surface area contributed by atoms with E-state index in [4.69, 9.17) is 0 Å². The molecule has 1 heterocycles. The summed E-state index contributed by atoms with van der Waals surface area (Å²) in [7, 11) is 0. The van der Waals surface area contributed by atoms with Crippen molar-refractivity contribution in [3.8, 4) is 0 Å². The average molecular weight is 224 g/mol. The van der Waals surface area contributed by atoms with Crippen LogP contribution in [0.3, 0.4) is 0 Å². The van der Waals surface area contributed by atoms with Crippen LogP contribution in [-0.4, -0.2) is 15.2 Å². The molecule has 2 N–H and O–H groups in total. The highest BCUT2D eigenvalue weighted by Gasteiger charge is 2.45. The van der Waals surface area contributed by atoms with Gasteiger partial charge >= 0.3 is 5.18 Å². The number of nitro groups is 1. The van der Waals surface area contributed by atoms with E-state index < -0.39 is 10.1 Å². The normalized spacial score (nSPS) is 24.5. The van der Waals surface area contributed by atoms with E-state index in [2.05, 4.69) is 5.32 Å². The first kappa shape index (κ1) is 10.0. The van der Waals surface area contributed by atoms with Crippen molar-refractivity contribution in [3.63, 3.8) is 0 Å². The Labute approximate surface area is 90.0 Å². The molecular weight excluding hydrogens is 216 g/mol. The van der Waals surface area contributed by atoms with Gasteiger partial charge in [-0.05, 0) is 5.56 Å². The third kappa shape index (κ3) is 1.81. The first-order valence-corrected chi connectivity index (χ1v) is 5.08. The molecule has 0 aromatic heterocycles. The average Bonchev–Trinajstić information content (AvgIpc) is 2.64. The molecule has 0 saturated carbocycles. The van der Waals surface area contributed by atoms with Crippen molar-refractivity contribution in [3.05, 3.63) is 51.4 Å². The SMILES string of the molecule is O=[N+]([O-])C1(O)NC(c2ccccc2)=CS1. The molecular formula is C9H8N2O3S. The van der Waals surface area contributed by atoms with Crippen molar-refractivity contribution in [2.24, 2.45) is 0 Å². The molecule has 1 aromatic rings. The van der Waals surface area contributed by atoms with Crippen molar-refractivity contribution in [1.82, 2.24) is 5.32 Å². The lowest BCUT2D eigenvalue weighted by molar-refractivity contribution is -0.593. The van der Waals surface area contributed by atoms with E-state index in [1.165, 1.54) is 5.41 Å². The van der Waals surface area contributed by atoms with E-state index in [1.807, 2.05) is 30.3 Å². The summed E-state index contributed by atoms with van der Waals surface area (Å²) in [6.45, 7) is 0. The number of hydrogen-bond acceptors (Lipinski definition) is 5. The second-order valence-electron chi connectivity index (χ2n) is 3.01. The van der Waals surface area contributed by atoms with Crippen LogP contribution in [0.5, 0.6) is 0 Å². The van der Waals surface area contributed by atoms with E-state index in [0.717, 1.165) is 17.3 Å². The van der Waals surface area contributed by atoms with Gasteiger partial charge in [0.05, 0.1) is 10.6 Å². The number of rotatable bonds is 2. The molecule has 0 fully saturated rings. The first-order chi connectivity index (χ1) is 7.12. The van der Waals surface area contributed by atoms with Crippen molar-refractivity contribution < 1.29 is 10.0 Å². The molecule has 1 aliphatic rings. The molecule has 0 spiro atoms. The van der Waals surface area contributed by atoms with Gasteiger partial charge in [-0.2, -0.15) is 0 Å². The van der Waals surface area contributed by atoms with E-state index in [0.29, 0.717) is 5.70 Å². The standard InChI is InChI=1S/C9H8N2O3S/c12-9(11(13)14)10-8(6-15-9)7-4-2-1-3-5-7/h1-6,10,12H. The van der Waals surface area contributed by atoms with Crippen molar-refractivity contribution >= 4 is 17.5 Å². The second-order valence-corrected chi connectivity index (χ2v) is 4.05. The molecule has 1 atom stereocenters. The van der Waals surface area contributed by atoms with Crippen LogP contribution in [0.1, 0.15) is 5.56 Å². The monoisotopic (exact) mass is 224 g/mol. The van der Waals surface area contributed by atoms with Gasteiger partial charge in [-0.25, -0.2) is 0 Å². The summed E-state index contributed by atoms with van der Waals surface area (Å²) in [5.74, 6) is 0. The van der Waals surface area contributed by atoms with Gasteiger partial charge < -0.3 is 5.11 Å². The maximum Gasteiger partial charge on any atom is 0.460 e. The summed E-state index contributed by atoms with van der Waals surface area (Å²) < 4.78 is 0. The highest BCUT2D eigenvalue weighted by molar-refractivity contribution is 8.03. The van der Waals surface area contributed by atoms with Crippen LogP contribution in [0.15, 0.2) is 35.7 Å². The molecule has 0 bridgehead atoms. The van der Waals surface area contributed by atoms with Gasteiger partial charge in [0.15, 0.2) is 0 Å². The Morgan fingerprint density at radius 3 is 2.60 bits per heavy atom. The van der Waals surface area contributed by atoms with Crippen molar-refractivity contribution in [2.75, 3.05) is 0 Å². The maximum atomic E-state index is 10.5. The largest absolute Gasteiger partial charge is 0.460 e. The number of aliphatic hydroxyl groups is 1. The number of nitrogens with zero attached hydrogens (tertiary/aromatic N) is 1. The minimum absolute atomic E-state index is 0.555. The molecule has 0 aliphatic carbocycles. The summed E-state index contributed by atoms with van der Waals surface area (Å²) in [5.41, 5.74) is 1.36. The zero-order valence-electron chi connectivity index (χ0n) is 7.58. The van der Waals surface area contributed by atoms with Crippen LogP contribution in [0.2, 0.25) is 0 Å². The molecule has 0 saturated heterocycles.